The van der Waals surface area contributed by atoms with Gasteiger partial charge >= 0.3 is 6.09 Å². The van der Waals surface area contributed by atoms with Crippen LogP contribution in [0, 0.1) is 0 Å². The summed E-state index contributed by atoms with van der Waals surface area (Å²) in [6, 6.07) is 9.79. The Labute approximate surface area is 139 Å². The maximum Gasteiger partial charge on any atom is 0.414 e. The summed E-state index contributed by atoms with van der Waals surface area (Å²) in [7, 11) is 1.90. The van der Waals surface area contributed by atoms with Crippen molar-refractivity contribution in [1.29, 1.82) is 0 Å². The van der Waals surface area contributed by atoms with Gasteiger partial charge in [0.15, 0.2) is 5.82 Å². The third-order valence-corrected chi connectivity index (χ3v) is 3.33. The minimum Gasteiger partial charge on any atom is -0.447 e. The molecule has 0 unspecified atom stereocenters. The average Bonchev–Trinajstić information content (AvgIpc) is 2.97. The molecule has 0 aliphatic carbocycles. The van der Waals surface area contributed by atoms with Gasteiger partial charge in [-0.05, 0) is 26.0 Å². The van der Waals surface area contributed by atoms with Crippen LogP contribution in [0.15, 0.2) is 42.7 Å². The number of para-hydroxylation sites is 1. The normalized spacial score (nSPS) is 10.8. The predicted octanol–water partition coefficient (Wildman–Crippen LogP) is 2.85. The molecule has 124 valence electrons. The minimum absolute atomic E-state index is 0.217. The van der Waals surface area contributed by atoms with E-state index in [0.29, 0.717) is 11.5 Å². The van der Waals surface area contributed by atoms with Gasteiger partial charge in [0.2, 0.25) is 11.6 Å². The van der Waals surface area contributed by atoms with Gasteiger partial charge in [0.25, 0.3) is 0 Å². The van der Waals surface area contributed by atoms with E-state index in [1.54, 1.807) is 30.6 Å². The van der Waals surface area contributed by atoms with Crippen molar-refractivity contribution in [2.45, 2.75) is 20.0 Å². The van der Waals surface area contributed by atoms with Crippen LogP contribution in [-0.4, -0.2) is 38.8 Å². The molecule has 0 spiro atoms. The number of carbonyl (C=O) groups is 1. The van der Waals surface area contributed by atoms with Gasteiger partial charge in [-0.25, -0.2) is 9.78 Å². The van der Waals surface area contributed by atoms with E-state index < -0.39 is 6.09 Å². The van der Waals surface area contributed by atoms with Crippen LogP contribution in [0.1, 0.15) is 13.8 Å². The van der Waals surface area contributed by atoms with E-state index in [4.69, 9.17) is 4.74 Å². The number of nitrogens with one attached hydrogen (secondary N) is 1. The Bertz CT molecular complexity index is 846. The first-order chi connectivity index (χ1) is 11.6. The Hall–Kier alpha value is -3.16. The van der Waals surface area contributed by atoms with E-state index in [1.807, 2.05) is 42.3 Å². The van der Waals surface area contributed by atoms with Crippen LogP contribution in [0.25, 0.3) is 5.65 Å². The number of carbonyl (C=O) groups excluding carboxylic acids is 1. The number of nitrogens with zero attached hydrogens (tertiary/aromatic N) is 5. The van der Waals surface area contributed by atoms with Crippen molar-refractivity contribution in [2.24, 2.45) is 0 Å². The van der Waals surface area contributed by atoms with Gasteiger partial charge in [0.1, 0.15) is 0 Å². The van der Waals surface area contributed by atoms with Gasteiger partial charge in [0, 0.05) is 25.1 Å². The van der Waals surface area contributed by atoms with Crippen molar-refractivity contribution in [3.05, 3.63) is 42.7 Å². The molecular weight excluding hydrogens is 308 g/mol. The van der Waals surface area contributed by atoms with E-state index in [2.05, 4.69) is 20.5 Å². The fourth-order valence-electron chi connectivity index (χ4n) is 2.24. The summed E-state index contributed by atoms with van der Waals surface area (Å²) >= 11 is 0. The second kappa shape index (κ2) is 6.53. The molecule has 1 amide bonds. The molecule has 0 aliphatic heterocycles. The van der Waals surface area contributed by atoms with Crippen LogP contribution in [0.4, 0.5) is 22.2 Å². The maximum absolute atomic E-state index is 11.8. The third kappa shape index (κ3) is 3.12. The first kappa shape index (κ1) is 15.7. The lowest BCUT2D eigenvalue weighted by molar-refractivity contribution is 0.129. The highest BCUT2D eigenvalue weighted by molar-refractivity contribution is 5.83. The molecule has 0 radical (unpaired) electrons. The van der Waals surface area contributed by atoms with Crippen molar-refractivity contribution < 1.29 is 9.53 Å². The van der Waals surface area contributed by atoms with Crippen LogP contribution in [0.2, 0.25) is 0 Å². The summed E-state index contributed by atoms with van der Waals surface area (Å²) in [5, 5.41) is 10.7. The summed E-state index contributed by atoms with van der Waals surface area (Å²) in [6.07, 6.45) is 2.52. The smallest absolute Gasteiger partial charge is 0.414 e. The molecule has 0 saturated heterocycles. The average molecular weight is 326 g/mol. The topological polar surface area (TPSA) is 84.6 Å². The highest BCUT2D eigenvalue weighted by Gasteiger charge is 2.16. The molecule has 2 heterocycles. The zero-order chi connectivity index (χ0) is 17.1. The van der Waals surface area contributed by atoms with Crippen molar-refractivity contribution in [2.75, 3.05) is 17.3 Å². The zero-order valence-corrected chi connectivity index (χ0v) is 13.7. The van der Waals surface area contributed by atoms with Crippen molar-refractivity contribution in [1.82, 2.24) is 19.6 Å². The van der Waals surface area contributed by atoms with Crippen molar-refractivity contribution in [3.63, 3.8) is 0 Å². The van der Waals surface area contributed by atoms with Crippen LogP contribution in [0.3, 0.4) is 0 Å². The number of fused-ring (bicyclic) bond motifs is 1. The van der Waals surface area contributed by atoms with Gasteiger partial charge in [-0.3, -0.25) is 9.72 Å². The van der Waals surface area contributed by atoms with E-state index in [9.17, 15) is 4.79 Å². The van der Waals surface area contributed by atoms with Crippen LogP contribution < -0.4 is 10.2 Å². The summed E-state index contributed by atoms with van der Waals surface area (Å²) in [4.78, 5) is 18.1. The summed E-state index contributed by atoms with van der Waals surface area (Å²) < 4.78 is 6.72. The molecule has 2 aromatic heterocycles. The Morgan fingerprint density at radius 1 is 1.25 bits per heavy atom. The molecule has 8 nitrogen and oxygen atoms in total. The standard InChI is InChI=1S/C16H18N6O2/c1-11(2)24-16(23)18-15-20-19-14-13(17-9-10-22(14)15)21(3)12-7-5-4-6-8-12/h4-11H,1-3H3,(H,18,20,23). The summed E-state index contributed by atoms with van der Waals surface area (Å²) in [5.41, 5.74) is 1.50. The van der Waals surface area contributed by atoms with Gasteiger partial charge in [0.05, 0.1) is 6.10 Å². The lowest BCUT2D eigenvalue weighted by atomic mass is 10.3. The Morgan fingerprint density at radius 2 is 2.00 bits per heavy atom. The Kier molecular flexibility index (Phi) is 4.28. The highest BCUT2D eigenvalue weighted by atomic mass is 16.6. The molecule has 1 aromatic carbocycles. The fourth-order valence-corrected chi connectivity index (χ4v) is 2.24. The molecule has 0 aliphatic rings. The number of hydrogen-bond acceptors (Lipinski definition) is 6. The second-order valence-corrected chi connectivity index (χ2v) is 5.44. The molecule has 8 heteroatoms. The lowest BCUT2D eigenvalue weighted by Gasteiger charge is -2.18. The van der Waals surface area contributed by atoms with Gasteiger partial charge in [-0.1, -0.05) is 18.2 Å². The molecule has 3 aromatic rings. The molecule has 3 rings (SSSR count). The van der Waals surface area contributed by atoms with Gasteiger partial charge < -0.3 is 9.64 Å². The first-order valence-electron chi connectivity index (χ1n) is 7.52. The summed E-state index contributed by atoms with van der Waals surface area (Å²) in [6.45, 7) is 3.55. The molecule has 0 fully saturated rings. The number of hydrogen-bond donors (Lipinski definition) is 1. The van der Waals surface area contributed by atoms with Gasteiger partial charge in [-0.2, -0.15) is 0 Å². The number of rotatable bonds is 4. The quantitative estimate of drug-likeness (QED) is 0.793. The number of amides is 1. The minimum atomic E-state index is -0.575. The van der Waals surface area contributed by atoms with E-state index in [0.717, 1.165) is 5.69 Å². The fraction of sp³-hybridized carbons (Fsp3) is 0.250. The van der Waals surface area contributed by atoms with Gasteiger partial charge in [-0.15, -0.1) is 10.2 Å². The Morgan fingerprint density at radius 3 is 2.71 bits per heavy atom. The molecule has 0 saturated carbocycles. The van der Waals surface area contributed by atoms with Crippen molar-refractivity contribution >= 4 is 29.2 Å². The molecule has 0 bridgehead atoms. The molecular formula is C16H18N6O2. The zero-order valence-electron chi connectivity index (χ0n) is 13.7. The van der Waals surface area contributed by atoms with E-state index >= 15 is 0 Å². The SMILES string of the molecule is CC(C)OC(=O)Nc1nnc2c(N(C)c3ccccc3)nccn12. The predicted molar refractivity (Wildman–Crippen MR) is 90.5 cm³/mol. The Balaban J connectivity index is 1.93. The second-order valence-electron chi connectivity index (χ2n) is 5.44. The first-order valence-corrected chi connectivity index (χ1v) is 7.52. The number of ether oxygens (including phenoxy) is 1. The monoisotopic (exact) mass is 326 g/mol. The van der Waals surface area contributed by atoms with Crippen molar-refractivity contribution in [3.8, 4) is 0 Å². The van der Waals surface area contributed by atoms with E-state index in [-0.39, 0.29) is 12.1 Å². The highest BCUT2D eigenvalue weighted by Crippen LogP contribution is 2.25. The molecule has 0 atom stereocenters. The van der Waals surface area contributed by atoms with Crippen LogP contribution in [-0.2, 0) is 4.74 Å². The number of aromatic nitrogens is 4. The molecule has 1 N–H and O–H groups in total. The van der Waals surface area contributed by atoms with Crippen LogP contribution in [0.5, 0.6) is 0 Å². The van der Waals surface area contributed by atoms with Crippen LogP contribution >= 0.6 is 0 Å². The van der Waals surface area contributed by atoms with E-state index in [1.165, 1.54) is 0 Å². The maximum atomic E-state index is 11.8. The third-order valence-electron chi connectivity index (χ3n) is 3.33. The molecule has 24 heavy (non-hydrogen) atoms. The largest absolute Gasteiger partial charge is 0.447 e. The number of benzene rings is 1. The lowest BCUT2D eigenvalue weighted by Crippen LogP contribution is -2.19. The summed E-state index contributed by atoms with van der Waals surface area (Å²) in [5.74, 6) is 0.905. The number of anilines is 3.